The molecule has 0 unspecified atom stereocenters. The topological polar surface area (TPSA) is 60.9 Å². The van der Waals surface area contributed by atoms with Gasteiger partial charge in [-0.25, -0.2) is 0 Å². The molecule has 1 atom stereocenters. The summed E-state index contributed by atoms with van der Waals surface area (Å²) in [6, 6.07) is 7.20. The van der Waals surface area contributed by atoms with Crippen LogP contribution >= 0.6 is 11.6 Å². The molecule has 3 aliphatic rings. The molecule has 1 N–H and O–H groups in total. The molecule has 1 aromatic rings. The van der Waals surface area contributed by atoms with Crippen LogP contribution in [0, 0.1) is 5.41 Å². The molecule has 0 bridgehead atoms. The molecule has 152 valence electrons. The van der Waals surface area contributed by atoms with Crippen molar-refractivity contribution >= 4 is 23.4 Å². The second-order valence-electron chi connectivity index (χ2n) is 8.74. The van der Waals surface area contributed by atoms with Crippen LogP contribution in [0.3, 0.4) is 0 Å². The molecule has 5 nitrogen and oxygen atoms in total. The number of likely N-dealkylation sites (tertiary alicyclic amines) is 2. The molecule has 2 amide bonds. The molecule has 0 radical (unpaired) electrons. The van der Waals surface area contributed by atoms with Gasteiger partial charge < -0.3 is 14.9 Å². The van der Waals surface area contributed by atoms with Crippen LogP contribution in [0.5, 0.6) is 0 Å². The van der Waals surface area contributed by atoms with E-state index in [0.717, 1.165) is 38.6 Å². The standard InChI is InChI=1S/C22H29ClN2O3/c23-17-7-5-16(6-8-17)20(27)21(28)24-13-11-22(12-14-24)10-9-19(26)25(15-22)18-3-1-2-4-18/h5-8,18,20,27H,1-4,9-15H2/t20-/m1/s1. The first-order valence-corrected chi connectivity index (χ1v) is 10.9. The summed E-state index contributed by atoms with van der Waals surface area (Å²) in [7, 11) is 0. The van der Waals surface area contributed by atoms with Gasteiger partial charge >= 0.3 is 0 Å². The van der Waals surface area contributed by atoms with Crippen molar-refractivity contribution < 1.29 is 14.7 Å². The summed E-state index contributed by atoms with van der Waals surface area (Å²) in [5, 5.41) is 11.1. The Morgan fingerprint density at radius 2 is 1.75 bits per heavy atom. The number of rotatable bonds is 3. The van der Waals surface area contributed by atoms with E-state index in [-0.39, 0.29) is 11.3 Å². The first-order valence-electron chi connectivity index (χ1n) is 10.5. The lowest BCUT2D eigenvalue weighted by atomic mass is 9.72. The van der Waals surface area contributed by atoms with Crippen LogP contribution < -0.4 is 0 Å². The van der Waals surface area contributed by atoms with Crippen molar-refractivity contribution in [2.24, 2.45) is 5.41 Å². The Hall–Kier alpha value is -1.59. The van der Waals surface area contributed by atoms with E-state index in [4.69, 9.17) is 11.6 Å². The number of carbonyl (C=O) groups excluding carboxylic acids is 2. The average Bonchev–Trinajstić information content (AvgIpc) is 3.25. The maximum absolute atomic E-state index is 12.8. The van der Waals surface area contributed by atoms with Gasteiger partial charge in [-0.2, -0.15) is 0 Å². The van der Waals surface area contributed by atoms with Crippen LogP contribution in [0.1, 0.15) is 63.0 Å². The second-order valence-corrected chi connectivity index (χ2v) is 9.18. The molecule has 1 aliphatic carbocycles. The predicted octanol–water partition coefficient (Wildman–Crippen LogP) is 3.55. The number of hydrogen-bond acceptors (Lipinski definition) is 3. The van der Waals surface area contributed by atoms with Crippen molar-refractivity contribution in [1.29, 1.82) is 0 Å². The molecule has 4 rings (SSSR count). The van der Waals surface area contributed by atoms with E-state index in [9.17, 15) is 14.7 Å². The number of amides is 2. The van der Waals surface area contributed by atoms with Gasteiger partial charge in [0.2, 0.25) is 5.91 Å². The lowest BCUT2D eigenvalue weighted by Crippen LogP contribution is -2.54. The molecule has 2 heterocycles. The van der Waals surface area contributed by atoms with E-state index < -0.39 is 6.10 Å². The summed E-state index contributed by atoms with van der Waals surface area (Å²) in [5.41, 5.74) is 0.712. The number of hydrogen-bond donors (Lipinski definition) is 1. The van der Waals surface area contributed by atoms with Gasteiger partial charge in [0, 0.05) is 37.1 Å². The summed E-state index contributed by atoms with van der Waals surface area (Å²) < 4.78 is 0. The van der Waals surface area contributed by atoms with E-state index in [2.05, 4.69) is 4.90 Å². The third-order valence-electron chi connectivity index (χ3n) is 7.02. The Morgan fingerprint density at radius 3 is 2.39 bits per heavy atom. The normalized spacial score (nSPS) is 24.0. The second kappa shape index (κ2) is 8.03. The summed E-state index contributed by atoms with van der Waals surface area (Å²) in [4.78, 5) is 29.2. The summed E-state index contributed by atoms with van der Waals surface area (Å²) in [6.07, 6.45) is 6.96. The van der Waals surface area contributed by atoms with E-state index in [0.29, 0.717) is 42.0 Å². The number of piperidine rings is 2. The number of benzene rings is 1. The van der Waals surface area contributed by atoms with E-state index >= 15 is 0 Å². The lowest BCUT2D eigenvalue weighted by molar-refractivity contribution is -0.148. The molecule has 3 fully saturated rings. The van der Waals surface area contributed by atoms with Gasteiger partial charge in [-0.3, -0.25) is 9.59 Å². The Balaban J connectivity index is 1.37. The Morgan fingerprint density at radius 1 is 1.11 bits per heavy atom. The SMILES string of the molecule is O=C([C@H](O)c1ccc(Cl)cc1)N1CCC2(CCC(=O)N(C3CCCC3)C2)CC1. The van der Waals surface area contributed by atoms with Crippen LogP contribution in [0.2, 0.25) is 5.02 Å². The quantitative estimate of drug-likeness (QED) is 0.838. The minimum atomic E-state index is -1.14. The van der Waals surface area contributed by atoms with Crippen LogP contribution in [-0.2, 0) is 9.59 Å². The van der Waals surface area contributed by atoms with Gasteiger partial charge in [-0.1, -0.05) is 36.6 Å². The van der Waals surface area contributed by atoms with Crippen LogP contribution in [0.15, 0.2) is 24.3 Å². The molecule has 2 aliphatic heterocycles. The fourth-order valence-corrected chi connectivity index (χ4v) is 5.29. The third-order valence-corrected chi connectivity index (χ3v) is 7.27. The van der Waals surface area contributed by atoms with Gasteiger partial charge in [0.25, 0.3) is 5.91 Å². The van der Waals surface area contributed by atoms with Gasteiger partial charge in [0.15, 0.2) is 6.10 Å². The molecular weight excluding hydrogens is 376 g/mol. The Kier molecular flexibility index (Phi) is 5.66. The number of nitrogens with zero attached hydrogens (tertiary/aromatic N) is 2. The van der Waals surface area contributed by atoms with E-state index in [1.165, 1.54) is 12.8 Å². The van der Waals surface area contributed by atoms with E-state index in [1.807, 2.05) is 0 Å². The third kappa shape index (κ3) is 3.92. The van der Waals surface area contributed by atoms with Crippen LogP contribution in [0.25, 0.3) is 0 Å². The highest BCUT2D eigenvalue weighted by Crippen LogP contribution is 2.42. The summed E-state index contributed by atoms with van der Waals surface area (Å²) in [5.74, 6) is 0.0749. The minimum absolute atomic E-state index is 0.137. The monoisotopic (exact) mass is 404 g/mol. The molecule has 6 heteroatoms. The molecule has 28 heavy (non-hydrogen) atoms. The molecular formula is C22H29ClN2O3. The maximum atomic E-state index is 12.8. The number of halogens is 1. The molecule has 1 aromatic carbocycles. The zero-order valence-corrected chi connectivity index (χ0v) is 17.0. The summed E-state index contributed by atoms with van der Waals surface area (Å²) in [6.45, 7) is 2.14. The van der Waals surface area contributed by atoms with Crippen molar-refractivity contribution in [3.63, 3.8) is 0 Å². The largest absolute Gasteiger partial charge is 0.378 e. The zero-order chi connectivity index (χ0) is 19.7. The highest BCUT2D eigenvalue weighted by Gasteiger charge is 2.44. The summed E-state index contributed by atoms with van der Waals surface area (Å²) >= 11 is 5.89. The fraction of sp³-hybridized carbons (Fsp3) is 0.636. The zero-order valence-electron chi connectivity index (χ0n) is 16.3. The molecule has 1 spiro atoms. The van der Waals surface area contributed by atoms with Crippen molar-refractivity contribution in [2.45, 2.75) is 63.5 Å². The van der Waals surface area contributed by atoms with Crippen molar-refractivity contribution in [3.8, 4) is 0 Å². The Bertz CT molecular complexity index is 722. The lowest BCUT2D eigenvalue weighted by Gasteiger charge is -2.49. The van der Waals surface area contributed by atoms with Gasteiger partial charge in [-0.05, 0) is 55.2 Å². The maximum Gasteiger partial charge on any atom is 0.256 e. The van der Waals surface area contributed by atoms with Gasteiger partial charge in [-0.15, -0.1) is 0 Å². The number of aliphatic hydroxyl groups is 1. The number of aliphatic hydroxyl groups excluding tert-OH is 1. The fourth-order valence-electron chi connectivity index (χ4n) is 5.16. The molecule has 0 aromatic heterocycles. The highest BCUT2D eigenvalue weighted by atomic mass is 35.5. The van der Waals surface area contributed by atoms with Crippen molar-refractivity contribution in [2.75, 3.05) is 19.6 Å². The molecule has 2 saturated heterocycles. The smallest absolute Gasteiger partial charge is 0.256 e. The first kappa shape index (κ1) is 19.7. The van der Waals surface area contributed by atoms with Crippen LogP contribution in [0.4, 0.5) is 0 Å². The highest BCUT2D eigenvalue weighted by molar-refractivity contribution is 6.30. The average molecular weight is 405 g/mol. The van der Waals surface area contributed by atoms with Crippen molar-refractivity contribution in [3.05, 3.63) is 34.9 Å². The molecule has 1 saturated carbocycles. The first-order chi connectivity index (χ1) is 13.5. The van der Waals surface area contributed by atoms with Crippen LogP contribution in [-0.4, -0.2) is 52.4 Å². The van der Waals surface area contributed by atoms with E-state index in [1.54, 1.807) is 29.2 Å². The number of carbonyl (C=O) groups is 2. The van der Waals surface area contributed by atoms with Gasteiger partial charge in [0.05, 0.1) is 0 Å². The van der Waals surface area contributed by atoms with Gasteiger partial charge in [0.1, 0.15) is 0 Å². The van der Waals surface area contributed by atoms with Crippen molar-refractivity contribution in [1.82, 2.24) is 9.80 Å². The Labute approximate surface area is 171 Å². The minimum Gasteiger partial charge on any atom is -0.378 e. The predicted molar refractivity (Wildman–Crippen MR) is 108 cm³/mol.